The number of hydrogen-bond donors (Lipinski definition) is 1. The number of fused-ring (bicyclic) bond motifs is 1. The van der Waals surface area contributed by atoms with Crippen LogP contribution in [0.15, 0.2) is 76.3 Å². The second-order valence-corrected chi connectivity index (χ2v) is 8.98. The quantitative estimate of drug-likeness (QED) is 0.309. The van der Waals surface area contributed by atoms with Crippen LogP contribution in [0.4, 0.5) is 11.4 Å². The molecule has 0 atom stereocenters. The summed E-state index contributed by atoms with van der Waals surface area (Å²) in [4.78, 5) is 55.9. The van der Waals surface area contributed by atoms with Crippen LogP contribution < -0.4 is 20.9 Å². The fraction of sp³-hybridized carbons (Fsp3) is 0.222. The Morgan fingerprint density at radius 2 is 1.66 bits per heavy atom. The fourth-order valence-corrected chi connectivity index (χ4v) is 4.58. The number of piperazine rings is 1. The van der Waals surface area contributed by atoms with Gasteiger partial charge in [0.15, 0.2) is 0 Å². The maximum Gasteiger partial charge on any atom is 0.329 e. The van der Waals surface area contributed by atoms with Gasteiger partial charge < -0.3 is 19.5 Å². The molecule has 38 heavy (non-hydrogen) atoms. The normalized spacial score (nSPS) is 13.5. The Morgan fingerprint density at radius 3 is 2.29 bits per heavy atom. The number of hydrogen-bond acceptors (Lipinski definition) is 7. The van der Waals surface area contributed by atoms with Crippen LogP contribution in [0, 0.1) is 10.1 Å². The van der Waals surface area contributed by atoms with Crippen molar-refractivity contribution in [2.75, 3.05) is 38.2 Å². The van der Waals surface area contributed by atoms with E-state index in [4.69, 9.17) is 4.74 Å². The number of carbonyl (C=O) groups excluding carboxylic acids is 1. The van der Waals surface area contributed by atoms with Crippen LogP contribution in [0.25, 0.3) is 10.9 Å². The zero-order valence-corrected chi connectivity index (χ0v) is 20.6. The Labute approximate surface area is 216 Å². The lowest BCUT2D eigenvalue weighted by Crippen LogP contribution is -2.48. The molecule has 194 valence electrons. The van der Waals surface area contributed by atoms with Crippen molar-refractivity contribution in [3.05, 3.63) is 109 Å². The molecule has 1 fully saturated rings. The third-order valence-corrected chi connectivity index (χ3v) is 6.72. The number of carbonyl (C=O) groups is 1. The number of methoxy groups -OCH3 is 1. The van der Waals surface area contributed by atoms with Crippen molar-refractivity contribution in [2.45, 2.75) is 6.54 Å². The molecular formula is C27H25N5O6. The molecule has 1 amide bonds. The molecule has 11 nitrogen and oxygen atoms in total. The average Bonchev–Trinajstić information content (AvgIpc) is 2.95. The number of H-pyrrole nitrogens is 1. The highest BCUT2D eigenvalue weighted by molar-refractivity contribution is 5.97. The maximum atomic E-state index is 13.2. The average molecular weight is 516 g/mol. The number of nitrogens with zero attached hydrogens (tertiary/aromatic N) is 4. The summed E-state index contributed by atoms with van der Waals surface area (Å²) in [6.07, 6.45) is 0. The van der Waals surface area contributed by atoms with Gasteiger partial charge in [-0.2, -0.15) is 0 Å². The van der Waals surface area contributed by atoms with Gasteiger partial charge in [0.25, 0.3) is 17.2 Å². The highest BCUT2D eigenvalue weighted by atomic mass is 16.6. The number of aromatic amines is 1. The molecule has 1 N–H and O–H groups in total. The molecular weight excluding hydrogens is 490 g/mol. The highest BCUT2D eigenvalue weighted by Gasteiger charge is 2.23. The van der Waals surface area contributed by atoms with Crippen molar-refractivity contribution in [1.29, 1.82) is 0 Å². The zero-order valence-electron chi connectivity index (χ0n) is 20.6. The highest BCUT2D eigenvalue weighted by Crippen LogP contribution is 2.21. The lowest BCUT2D eigenvalue weighted by atomic mass is 10.1. The fourth-order valence-electron chi connectivity index (χ4n) is 4.58. The minimum absolute atomic E-state index is 0.0319. The Bertz CT molecular complexity index is 1620. The second kappa shape index (κ2) is 10.2. The molecule has 2 heterocycles. The van der Waals surface area contributed by atoms with Crippen molar-refractivity contribution in [3.8, 4) is 5.75 Å². The first kappa shape index (κ1) is 24.8. The van der Waals surface area contributed by atoms with Crippen LogP contribution in [0.3, 0.4) is 0 Å². The molecule has 4 aromatic rings. The predicted octanol–water partition coefficient (Wildman–Crippen LogP) is 2.62. The molecule has 0 saturated carbocycles. The molecule has 0 aliphatic carbocycles. The molecule has 3 aromatic carbocycles. The molecule has 11 heteroatoms. The number of non-ortho nitro benzene ring substituents is 1. The minimum atomic E-state index is -0.556. The lowest BCUT2D eigenvalue weighted by Gasteiger charge is -2.36. The molecule has 5 rings (SSSR count). The molecule has 0 unspecified atom stereocenters. The molecule has 1 aromatic heterocycles. The number of nitro benzene ring substituents is 1. The van der Waals surface area contributed by atoms with E-state index in [1.54, 1.807) is 66.6 Å². The lowest BCUT2D eigenvalue weighted by molar-refractivity contribution is -0.384. The van der Waals surface area contributed by atoms with Crippen molar-refractivity contribution in [1.82, 2.24) is 14.5 Å². The zero-order chi connectivity index (χ0) is 26.8. The molecule has 1 aliphatic heterocycles. The predicted molar refractivity (Wildman–Crippen MR) is 142 cm³/mol. The first-order chi connectivity index (χ1) is 18.3. The van der Waals surface area contributed by atoms with E-state index in [0.717, 1.165) is 15.8 Å². The Kier molecular flexibility index (Phi) is 6.65. The molecule has 1 aliphatic rings. The van der Waals surface area contributed by atoms with Gasteiger partial charge in [-0.1, -0.05) is 12.1 Å². The number of nitrogens with one attached hydrogen (secondary N) is 1. The molecule has 0 radical (unpaired) electrons. The van der Waals surface area contributed by atoms with Gasteiger partial charge in [0.2, 0.25) is 0 Å². The van der Waals surface area contributed by atoms with E-state index < -0.39 is 16.2 Å². The molecule has 1 saturated heterocycles. The summed E-state index contributed by atoms with van der Waals surface area (Å²) in [7, 11) is 1.56. The monoisotopic (exact) mass is 515 g/mol. The summed E-state index contributed by atoms with van der Waals surface area (Å²) in [5.74, 6) is 0.483. The van der Waals surface area contributed by atoms with Crippen LogP contribution in [0.5, 0.6) is 5.75 Å². The van der Waals surface area contributed by atoms with Gasteiger partial charge in [0, 0.05) is 49.6 Å². The van der Waals surface area contributed by atoms with Crippen LogP contribution in [0.2, 0.25) is 0 Å². The summed E-state index contributed by atoms with van der Waals surface area (Å²) in [6.45, 7) is 2.18. The largest absolute Gasteiger partial charge is 0.497 e. The smallest absolute Gasteiger partial charge is 0.329 e. The van der Waals surface area contributed by atoms with Gasteiger partial charge in [-0.15, -0.1) is 0 Å². The summed E-state index contributed by atoms with van der Waals surface area (Å²) in [5, 5.41) is 11.2. The Hall–Kier alpha value is -4.93. The van der Waals surface area contributed by atoms with Crippen LogP contribution >= 0.6 is 0 Å². The van der Waals surface area contributed by atoms with E-state index in [-0.39, 0.29) is 18.1 Å². The van der Waals surface area contributed by atoms with Crippen LogP contribution in [-0.2, 0) is 6.54 Å². The number of aromatic nitrogens is 2. The van der Waals surface area contributed by atoms with E-state index in [2.05, 4.69) is 9.88 Å². The summed E-state index contributed by atoms with van der Waals surface area (Å²) in [5.41, 5.74) is 1.36. The van der Waals surface area contributed by atoms with Crippen LogP contribution in [0.1, 0.15) is 15.9 Å². The van der Waals surface area contributed by atoms with Crippen molar-refractivity contribution >= 4 is 28.2 Å². The number of ether oxygens (including phenoxy) is 1. The summed E-state index contributed by atoms with van der Waals surface area (Å²) in [6, 6.07) is 18.2. The van der Waals surface area contributed by atoms with E-state index in [1.165, 1.54) is 12.1 Å². The van der Waals surface area contributed by atoms with E-state index >= 15 is 0 Å². The van der Waals surface area contributed by atoms with Gasteiger partial charge >= 0.3 is 5.69 Å². The molecule has 0 spiro atoms. The topological polar surface area (TPSA) is 131 Å². The summed E-state index contributed by atoms with van der Waals surface area (Å²) >= 11 is 0. The molecule has 0 bridgehead atoms. The van der Waals surface area contributed by atoms with Crippen molar-refractivity contribution in [3.63, 3.8) is 0 Å². The van der Waals surface area contributed by atoms with E-state index in [0.29, 0.717) is 48.4 Å². The van der Waals surface area contributed by atoms with Gasteiger partial charge in [-0.3, -0.25) is 24.3 Å². The number of rotatable bonds is 6. The minimum Gasteiger partial charge on any atom is -0.497 e. The van der Waals surface area contributed by atoms with Crippen molar-refractivity contribution in [2.24, 2.45) is 0 Å². The van der Waals surface area contributed by atoms with E-state index in [9.17, 15) is 24.5 Å². The maximum absolute atomic E-state index is 13.2. The van der Waals surface area contributed by atoms with Gasteiger partial charge in [-0.25, -0.2) is 4.79 Å². The first-order valence-electron chi connectivity index (χ1n) is 12.0. The van der Waals surface area contributed by atoms with Gasteiger partial charge in [0.05, 0.1) is 29.5 Å². The number of nitro groups is 1. The van der Waals surface area contributed by atoms with Gasteiger partial charge in [0.1, 0.15) is 5.75 Å². The number of benzene rings is 3. The van der Waals surface area contributed by atoms with E-state index in [1.807, 2.05) is 0 Å². The van der Waals surface area contributed by atoms with Crippen molar-refractivity contribution < 1.29 is 14.5 Å². The first-order valence-corrected chi connectivity index (χ1v) is 12.0. The summed E-state index contributed by atoms with van der Waals surface area (Å²) < 4.78 is 6.27. The number of amides is 1. The Balaban J connectivity index is 1.31. The third kappa shape index (κ3) is 4.85. The Morgan fingerprint density at radius 1 is 0.974 bits per heavy atom. The SMILES string of the molecule is COc1ccc(Cn2c(=O)[nH]c3cc(C(=O)N4CCN(c5ccc([N+](=O)[O-])cc5)CC4)ccc3c2=O)cc1. The van der Waals surface area contributed by atoms with Gasteiger partial charge in [-0.05, 0) is 48.0 Å². The second-order valence-electron chi connectivity index (χ2n) is 8.98. The number of anilines is 1. The third-order valence-electron chi connectivity index (χ3n) is 6.72. The standard InChI is InChI=1S/C27H25N5O6/c1-38-22-9-2-18(3-10-22)17-31-26(34)23-11-4-19(16-24(23)28-27(31)35)25(33)30-14-12-29(13-15-30)20-5-7-21(8-6-20)32(36)37/h2-11,16H,12-15,17H2,1H3,(H,28,35). The van der Waals surface area contributed by atoms with Crippen LogP contribution in [-0.4, -0.2) is 58.6 Å².